The van der Waals surface area contributed by atoms with Crippen molar-refractivity contribution in [1.82, 2.24) is 5.32 Å². The Morgan fingerprint density at radius 3 is 3.00 bits per heavy atom. The minimum absolute atomic E-state index is 0.442. The molecule has 1 N–H and O–H groups in total. The van der Waals surface area contributed by atoms with Crippen LogP contribution in [0.25, 0.3) is 0 Å². The van der Waals surface area contributed by atoms with Crippen LogP contribution in [-0.4, -0.2) is 17.0 Å². The lowest BCUT2D eigenvalue weighted by Crippen LogP contribution is -2.29. The van der Waals surface area contributed by atoms with Crippen LogP contribution in [0.1, 0.15) is 44.7 Å². The zero-order valence-corrected chi connectivity index (χ0v) is 13.6. The first-order valence-electron chi connectivity index (χ1n) is 6.82. The number of halogens is 1. The SMILES string of the molecule is CCSC1CCC(NC(C)c2cccc(Br)c2)C1. The Kier molecular flexibility index (Phi) is 5.58. The summed E-state index contributed by atoms with van der Waals surface area (Å²) in [4.78, 5) is 0. The standard InChI is InChI=1S/C15H22BrNS/c1-3-18-15-8-7-14(10-15)17-11(2)12-5-4-6-13(16)9-12/h4-6,9,11,14-15,17H,3,7-8,10H2,1-2H3. The van der Waals surface area contributed by atoms with Crippen LogP contribution in [0.2, 0.25) is 0 Å². The van der Waals surface area contributed by atoms with Gasteiger partial charge >= 0.3 is 0 Å². The number of rotatable bonds is 5. The van der Waals surface area contributed by atoms with Crippen LogP contribution in [-0.2, 0) is 0 Å². The Balaban J connectivity index is 1.86. The van der Waals surface area contributed by atoms with E-state index in [-0.39, 0.29) is 0 Å². The van der Waals surface area contributed by atoms with E-state index in [1.165, 1.54) is 35.1 Å². The van der Waals surface area contributed by atoms with Gasteiger partial charge in [0, 0.05) is 21.8 Å². The first-order chi connectivity index (χ1) is 8.69. The summed E-state index contributed by atoms with van der Waals surface area (Å²) >= 11 is 5.66. The second kappa shape index (κ2) is 6.97. The summed E-state index contributed by atoms with van der Waals surface area (Å²) in [5.41, 5.74) is 1.37. The fraction of sp³-hybridized carbons (Fsp3) is 0.600. The van der Waals surface area contributed by atoms with Crippen LogP contribution in [0.4, 0.5) is 0 Å². The molecule has 0 radical (unpaired) electrons. The summed E-state index contributed by atoms with van der Waals surface area (Å²) < 4.78 is 1.17. The third-order valence-corrected chi connectivity index (χ3v) is 5.35. The van der Waals surface area contributed by atoms with E-state index in [1.54, 1.807) is 0 Å². The van der Waals surface area contributed by atoms with Gasteiger partial charge in [-0.15, -0.1) is 0 Å². The number of nitrogens with one attached hydrogen (secondary N) is 1. The Morgan fingerprint density at radius 2 is 2.28 bits per heavy atom. The molecule has 0 bridgehead atoms. The molecule has 1 nitrogen and oxygen atoms in total. The van der Waals surface area contributed by atoms with Crippen molar-refractivity contribution in [2.75, 3.05) is 5.75 Å². The van der Waals surface area contributed by atoms with Gasteiger partial charge in [-0.25, -0.2) is 0 Å². The highest BCUT2D eigenvalue weighted by Gasteiger charge is 2.25. The van der Waals surface area contributed by atoms with E-state index < -0.39 is 0 Å². The number of hydrogen-bond donors (Lipinski definition) is 1. The highest BCUT2D eigenvalue weighted by Crippen LogP contribution is 2.31. The van der Waals surface area contributed by atoms with Crippen molar-refractivity contribution >= 4 is 27.7 Å². The maximum Gasteiger partial charge on any atom is 0.0294 e. The van der Waals surface area contributed by atoms with Crippen molar-refractivity contribution in [3.8, 4) is 0 Å². The lowest BCUT2D eigenvalue weighted by atomic mass is 10.1. The van der Waals surface area contributed by atoms with E-state index in [1.807, 2.05) is 0 Å². The summed E-state index contributed by atoms with van der Waals surface area (Å²) in [6, 6.07) is 9.75. The van der Waals surface area contributed by atoms with Gasteiger partial charge in [0.1, 0.15) is 0 Å². The van der Waals surface area contributed by atoms with Crippen molar-refractivity contribution < 1.29 is 0 Å². The molecule has 0 aromatic heterocycles. The molecule has 0 heterocycles. The van der Waals surface area contributed by atoms with Crippen molar-refractivity contribution in [3.63, 3.8) is 0 Å². The third kappa shape index (κ3) is 4.01. The highest BCUT2D eigenvalue weighted by molar-refractivity contribution is 9.10. The van der Waals surface area contributed by atoms with Gasteiger partial charge in [-0.1, -0.05) is 35.0 Å². The topological polar surface area (TPSA) is 12.0 Å². The van der Waals surface area contributed by atoms with E-state index in [2.05, 4.69) is 71.1 Å². The Morgan fingerprint density at radius 1 is 1.44 bits per heavy atom. The van der Waals surface area contributed by atoms with Gasteiger partial charge in [-0.05, 0) is 49.6 Å². The Hall–Kier alpha value is 0.01000. The van der Waals surface area contributed by atoms with Crippen LogP contribution in [0, 0.1) is 0 Å². The van der Waals surface area contributed by atoms with Crippen molar-refractivity contribution in [1.29, 1.82) is 0 Å². The van der Waals surface area contributed by atoms with Gasteiger partial charge in [-0.2, -0.15) is 11.8 Å². The van der Waals surface area contributed by atoms with E-state index in [4.69, 9.17) is 0 Å². The lowest BCUT2D eigenvalue weighted by Gasteiger charge is -2.20. The summed E-state index contributed by atoms with van der Waals surface area (Å²) in [7, 11) is 0. The van der Waals surface area contributed by atoms with Gasteiger partial charge in [0.25, 0.3) is 0 Å². The summed E-state index contributed by atoms with van der Waals surface area (Å²) in [5, 5.41) is 4.65. The molecular weight excluding hydrogens is 306 g/mol. The van der Waals surface area contributed by atoms with Crippen LogP contribution < -0.4 is 5.32 Å². The molecule has 1 fully saturated rings. The molecular formula is C15H22BrNS. The van der Waals surface area contributed by atoms with E-state index >= 15 is 0 Å². The maximum absolute atomic E-state index is 3.78. The second-order valence-corrected chi connectivity index (χ2v) is 7.52. The predicted octanol–water partition coefficient (Wildman–Crippen LogP) is 4.77. The van der Waals surface area contributed by atoms with Crippen LogP contribution in [0.5, 0.6) is 0 Å². The monoisotopic (exact) mass is 327 g/mol. The average molecular weight is 328 g/mol. The van der Waals surface area contributed by atoms with Gasteiger partial charge in [-0.3, -0.25) is 0 Å². The van der Waals surface area contributed by atoms with Crippen LogP contribution in [0.15, 0.2) is 28.7 Å². The molecule has 1 aromatic rings. The number of benzene rings is 1. The molecule has 1 aliphatic rings. The van der Waals surface area contributed by atoms with Crippen LogP contribution >= 0.6 is 27.7 Å². The highest BCUT2D eigenvalue weighted by atomic mass is 79.9. The average Bonchev–Trinajstić information content (AvgIpc) is 2.77. The quantitative estimate of drug-likeness (QED) is 0.835. The van der Waals surface area contributed by atoms with Gasteiger partial charge in [0.15, 0.2) is 0 Å². The zero-order valence-electron chi connectivity index (χ0n) is 11.2. The fourth-order valence-electron chi connectivity index (χ4n) is 2.70. The van der Waals surface area contributed by atoms with E-state index in [0.717, 1.165) is 5.25 Å². The Labute approximate surface area is 123 Å². The van der Waals surface area contributed by atoms with Crippen molar-refractivity contribution in [3.05, 3.63) is 34.3 Å². The maximum atomic E-state index is 3.78. The molecule has 1 aromatic carbocycles. The van der Waals surface area contributed by atoms with Gasteiger partial charge in [0.05, 0.1) is 0 Å². The van der Waals surface area contributed by atoms with Gasteiger partial charge in [0.2, 0.25) is 0 Å². The molecule has 0 aliphatic heterocycles. The second-order valence-electron chi connectivity index (χ2n) is 5.03. The molecule has 1 saturated carbocycles. The summed E-state index contributed by atoms with van der Waals surface area (Å²) in [6.45, 7) is 4.53. The van der Waals surface area contributed by atoms with Crippen molar-refractivity contribution in [2.45, 2.75) is 50.4 Å². The molecule has 18 heavy (non-hydrogen) atoms. The summed E-state index contributed by atoms with van der Waals surface area (Å²) in [5.74, 6) is 1.25. The van der Waals surface area contributed by atoms with E-state index in [9.17, 15) is 0 Å². The molecule has 3 atom stereocenters. The Bertz CT molecular complexity index is 383. The normalized spacial score (nSPS) is 25.3. The van der Waals surface area contributed by atoms with Crippen LogP contribution in [0.3, 0.4) is 0 Å². The third-order valence-electron chi connectivity index (χ3n) is 3.62. The smallest absolute Gasteiger partial charge is 0.0294 e. The number of thioether (sulfide) groups is 1. The molecule has 2 rings (SSSR count). The molecule has 3 heteroatoms. The zero-order chi connectivity index (χ0) is 13.0. The first-order valence-corrected chi connectivity index (χ1v) is 8.66. The lowest BCUT2D eigenvalue weighted by molar-refractivity contribution is 0.462. The molecule has 100 valence electrons. The minimum Gasteiger partial charge on any atom is -0.307 e. The number of hydrogen-bond acceptors (Lipinski definition) is 2. The first kappa shape index (κ1) is 14.4. The molecule has 1 aliphatic carbocycles. The molecule has 0 saturated heterocycles. The largest absolute Gasteiger partial charge is 0.307 e. The molecule has 0 amide bonds. The predicted molar refractivity (Wildman–Crippen MR) is 85.3 cm³/mol. The van der Waals surface area contributed by atoms with E-state index in [0.29, 0.717) is 12.1 Å². The fourth-order valence-corrected chi connectivity index (χ4v) is 4.26. The van der Waals surface area contributed by atoms with Crippen molar-refractivity contribution in [2.24, 2.45) is 0 Å². The minimum atomic E-state index is 0.442. The molecule has 0 spiro atoms. The molecule has 3 unspecified atom stereocenters. The summed E-state index contributed by atoms with van der Waals surface area (Å²) in [6.07, 6.45) is 4.04. The van der Waals surface area contributed by atoms with Gasteiger partial charge < -0.3 is 5.32 Å².